The summed E-state index contributed by atoms with van der Waals surface area (Å²) in [4.78, 5) is 0. The Bertz CT molecular complexity index is 64.1. The van der Waals surface area contributed by atoms with E-state index >= 15 is 0 Å². The van der Waals surface area contributed by atoms with Crippen LogP contribution in [0.1, 0.15) is 0 Å². The van der Waals surface area contributed by atoms with E-state index in [4.69, 9.17) is 10.8 Å². The van der Waals surface area contributed by atoms with Gasteiger partial charge in [-0.05, 0) is 0 Å². The SMILES string of the molecule is N=C=N.[Li][CH2]C=C. The molecular formula is C4H7LiN2. The molecule has 0 saturated carbocycles. The fraction of sp³-hybridized carbons (Fsp3) is 0.250. The van der Waals surface area contributed by atoms with Crippen LogP contribution in [0.3, 0.4) is 0 Å². The van der Waals surface area contributed by atoms with Crippen LogP contribution in [0.2, 0.25) is 5.09 Å². The summed E-state index contributed by atoms with van der Waals surface area (Å²) < 4.78 is 0. The van der Waals surface area contributed by atoms with Gasteiger partial charge >= 0.3 is 35.5 Å². The predicted octanol–water partition coefficient (Wildman–Crippen LogP) is 1.08. The fourth-order valence-corrected chi connectivity index (χ4v) is 0. The van der Waals surface area contributed by atoms with E-state index in [1.807, 2.05) is 6.08 Å². The van der Waals surface area contributed by atoms with Gasteiger partial charge in [-0.1, -0.05) is 0 Å². The number of hydrogen-bond donors (Lipinski definition) is 2. The van der Waals surface area contributed by atoms with Gasteiger partial charge in [-0.25, -0.2) is 10.8 Å². The Labute approximate surface area is 52.8 Å². The molecule has 0 aromatic heterocycles. The first-order valence-corrected chi connectivity index (χ1v) is 2.02. The number of nitrogens with one attached hydrogen (secondary N) is 2. The third kappa shape index (κ3) is 154. The molecular weight excluding hydrogens is 83.0 g/mol. The topological polar surface area (TPSA) is 47.7 Å². The van der Waals surface area contributed by atoms with Gasteiger partial charge in [-0.3, -0.25) is 0 Å². The van der Waals surface area contributed by atoms with E-state index in [-0.39, 0.29) is 0 Å². The molecule has 0 aliphatic carbocycles. The zero-order valence-corrected chi connectivity index (χ0v) is 4.49. The Morgan fingerprint density at radius 1 is 1.71 bits per heavy atom. The standard InChI is InChI=1S/C3H5.CH2N2.Li/c1-3-2;2-1-3;/h3H,1-2H2;2-3H;. The molecule has 0 aromatic rings. The van der Waals surface area contributed by atoms with Crippen LogP contribution >= 0.6 is 0 Å². The summed E-state index contributed by atoms with van der Waals surface area (Å²) in [5.74, 6) is 0. The third-order valence-electron chi connectivity index (χ3n) is 0.289. The van der Waals surface area contributed by atoms with Crippen molar-refractivity contribution in [3.05, 3.63) is 12.7 Å². The van der Waals surface area contributed by atoms with Crippen molar-refractivity contribution in [2.75, 3.05) is 0 Å². The summed E-state index contributed by atoms with van der Waals surface area (Å²) in [5.41, 5.74) is 0. The normalized spacial score (nSPS) is 4.86. The molecule has 34 valence electrons. The zero-order valence-electron chi connectivity index (χ0n) is 4.49. The minimum absolute atomic E-state index is 1.08. The molecule has 2 N–H and O–H groups in total. The molecule has 0 bridgehead atoms. The van der Waals surface area contributed by atoms with Gasteiger partial charge in [0.25, 0.3) is 0 Å². The number of allylic oxidation sites excluding steroid dienone is 1. The van der Waals surface area contributed by atoms with Gasteiger partial charge in [-0.2, -0.15) is 0 Å². The van der Waals surface area contributed by atoms with Gasteiger partial charge in [0.15, 0.2) is 0 Å². The second-order valence-electron chi connectivity index (χ2n) is 0.822. The molecule has 0 aliphatic heterocycles. The quantitative estimate of drug-likeness (QED) is 0.275. The Morgan fingerprint density at radius 2 is 1.86 bits per heavy atom. The molecule has 0 amide bonds. The van der Waals surface area contributed by atoms with E-state index in [2.05, 4.69) is 24.3 Å². The molecule has 0 fully saturated rings. The molecule has 0 heterocycles. The molecule has 0 atom stereocenters. The van der Waals surface area contributed by atoms with Crippen LogP contribution in [0.25, 0.3) is 0 Å². The monoisotopic (exact) mass is 90.1 g/mol. The molecule has 2 nitrogen and oxygen atoms in total. The molecule has 0 unspecified atom stereocenters. The summed E-state index contributed by atoms with van der Waals surface area (Å²) in [5, 5.41) is 12.3. The van der Waals surface area contributed by atoms with Gasteiger partial charge in [0, 0.05) is 0 Å². The van der Waals surface area contributed by atoms with Crippen molar-refractivity contribution >= 4 is 23.7 Å². The van der Waals surface area contributed by atoms with Gasteiger partial charge in [0.1, 0.15) is 0 Å². The van der Waals surface area contributed by atoms with Crippen LogP contribution in [-0.2, 0) is 0 Å². The average Bonchev–Trinajstić information content (AvgIpc) is 1.69. The molecule has 0 radical (unpaired) electrons. The van der Waals surface area contributed by atoms with E-state index in [0.29, 0.717) is 0 Å². The molecule has 0 aromatic carbocycles. The van der Waals surface area contributed by atoms with E-state index in [1.54, 1.807) is 0 Å². The van der Waals surface area contributed by atoms with Gasteiger partial charge in [-0.15, -0.1) is 0 Å². The number of hydrogen-bond acceptors (Lipinski definition) is 2. The first kappa shape index (κ1) is 9.87. The maximum absolute atomic E-state index is 5.62. The maximum atomic E-state index is 5.62. The minimum atomic E-state index is 1.08. The molecule has 0 aliphatic rings. The summed E-state index contributed by atoms with van der Waals surface area (Å²) >= 11 is 2.06. The Balaban J connectivity index is 0. The van der Waals surface area contributed by atoms with Crippen LogP contribution in [0, 0.1) is 10.8 Å². The van der Waals surface area contributed by atoms with Crippen LogP contribution in [-0.4, -0.2) is 23.7 Å². The number of rotatable bonds is 1. The van der Waals surface area contributed by atoms with Crippen LogP contribution in [0.15, 0.2) is 12.7 Å². The summed E-state index contributed by atoms with van der Waals surface area (Å²) in [6.45, 7) is 3.48. The van der Waals surface area contributed by atoms with Crippen LogP contribution in [0.5, 0.6) is 0 Å². The first-order valence-electron chi connectivity index (χ1n) is 2.02. The summed E-state index contributed by atoms with van der Waals surface area (Å²) in [7, 11) is 0. The molecule has 0 saturated heterocycles. The van der Waals surface area contributed by atoms with E-state index < -0.39 is 0 Å². The van der Waals surface area contributed by atoms with Crippen molar-refractivity contribution in [3.8, 4) is 0 Å². The van der Waals surface area contributed by atoms with Crippen molar-refractivity contribution in [3.63, 3.8) is 0 Å². The predicted molar refractivity (Wildman–Crippen MR) is 31.2 cm³/mol. The van der Waals surface area contributed by atoms with Crippen molar-refractivity contribution in [2.45, 2.75) is 5.09 Å². The van der Waals surface area contributed by atoms with Crippen molar-refractivity contribution in [2.24, 2.45) is 0 Å². The van der Waals surface area contributed by atoms with Crippen LogP contribution < -0.4 is 0 Å². The van der Waals surface area contributed by atoms with Gasteiger partial charge in [0.05, 0.1) is 6.01 Å². The second-order valence-corrected chi connectivity index (χ2v) is 0.822. The Kier molecular flexibility index (Phi) is 24.3. The second kappa shape index (κ2) is 17.2. The van der Waals surface area contributed by atoms with Gasteiger partial charge < -0.3 is 0 Å². The molecule has 3 heteroatoms. The van der Waals surface area contributed by atoms with E-state index in [9.17, 15) is 0 Å². The molecule has 0 rings (SSSR count). The molecule has 7 heavy (non-hydrogen) atoms. The van der Waals surface area contributed by atoms with Crippen molar-refractivity contribution < 1.29 is 0 Å². The Hall–Kier alpha value is -0.283. The zero-order chi connectivity index (χ0) is 6.12. The van der Waals surface area contributed by atoms with E-state index in [1.165, 1.54) is 6.01 Å². The van der Waals surface area contributed by atoms with Crippen LogP contribution in [0.4, 0.5) is 0 Å². The van der Waals surface area contributed by atoms with Crippen molar-refractivity contribution in [1.82, 2.24) is 0 Å². The summed E-state index contributed by atoms with van der Waals surface area (Å²) in [6.07, 6.45) is 1.88. The third-order valence-corrected chi connectivity index (χ3v) is 0.289. The first-order chi connectivity index (χ1) is 3.33. The average molecular weight is 90.1 g/mol. The Morgan fingerprint density at radius 3 is 1.86 bits per heavy atom. The van der Waals surface area contributed by atoms with Crippen molar-refractivity contribution in [1.29, 1.82) is 10.8 Å². The fourth-order valence-electron chi connectivity index (χ4n) is 0. The molecule has 0 spiro atoms. The van der Waals surface area contributed by atoms with Gasteiger partial charge in [0.2, 0.25) is 0 Å². The van der Waals surface area contributed by atoms with E-state index in [0.717, 1.165) is 5.09 Å². The summed E-state index contributed by atoms with van der Waals surface area (Å²) in [6, 6.07) is 1.25.